The van der Waals surface area contributed by atoms with Crippen LogP contribution in [0.25, 0.3) is 0 Å². The van der Waals surface area contributed by atoms with E-state index >= 15 is 0 Å². The molecule has 0 aliphatic heterocycles. The van der Waals surface area contributed by atoms with Crippen LogP contribution in [0.4, 0.5) is 4.79 Å². The Labute approximate surface area is 59.6 Å². The van der Waals surface area contributed by atoms with E-state index in [1.165, 1.54) is 0 Å². The monoisotopic (exact) mass is 148 g/mol. The van der Waals surface area contributed by atoms with Gasteiger partial charge in [0.15, 0.2) is 0 Å². The highest BCUT2D eigenvalue weighted by Crippen LogP contribution is 2.17. The Kier molecular flexibility index (Phi) is 4.58. The molecule has 0 saturated heterocycles. The van der Waals surface area contributed by atoms with Gasteiger partial charge in [-0.15, -0.1) is 0 Å². The summed E-state index contributed by atoms with van der Waals surface area (Å²) in [6, 6.07) is 0. The summed E-state index contributed by atoms with van der Waals surface area (Å²) in [7, 11) is 0. The molecule has 0 atom stereocenters. The molecular weight excluding hydrogens is 136 g/mol. The third kappa shape index (κ3) is 4.33. The first-order valence-corrected chi connectivity index (χ1v) is 3.98. The molecule has 0 rings (SSSR count). The highest BCUT2D eigenvalue weighted by Gasteiger charge is 2.07. The van der Waals surface area contributed by atoms with Crippen LogP contribution in [-0.2, 0) is 0 Å². The molecule has 2 nitrogen and oxygen atoms in total. The molecule has 0 bridgehead atoms. The van der Waals surface area contributed by atoms with Gasteiger partial charge in [-0.1, -0.05) is 13.8 Å². The van der Waals surface area contributed by atoms with Gasteiger partial charge in [0.25, 0.3) is 0 Å². The minimum absolute atomic E-state index is 0.294. The van der Waals surface area contributed by atoms with Crippen LogP contribution in [0.5, 0.6) is 0 Å². The van der Waals surface area contributed by atoms with Crippen molar-refractivity contribution in [2.45, 2.75) is 31.9 Å². The van der Waals surface area contributed by atoms with Gasteiger partial charge in [-0.05, 0) is 24.6 Å². The first-order valence-electron chi connectivity index (χ1n) is 3.10. The Balaban J connectivity index is 3.43. The van der Waals surface area contributed by atoms with Crippen LogP contribution in [-0.4, -0.2) is 15.7 Å². The van der Waals surface area contributed by atoms with Crippen molar-refractivity contribution in [2.75, 3.05) is 0 Å². The van der Waals surface area contributed by atoms with Gasteiger partial charge in [-0.2, -0.15) is 0 Å². The molecule has 0 aromatic rings. The van der Waals surface area contributed by atoms with E-state index in [2.05, 4.69) is 0 Å². The number of rotatable bonds is 3. The molecule has 1 N–H and O–H groups in total. The van der Waals surface area contributed by atoms with Crippen LogP contribution in [0.3, 0.4) is 0 Å². The summed E-state index contributed by atoms with van der Waals surface area (Å²) in [6.45, 7) is 4.01. The Morgan fingerprint density at radius 1 is 1.56 bits per heavy atom. The lowest BCUT2D eigenvalue weighted by molar-refractivity contribution is 0.222. The summed E-state index contributed by atoms with van der Waals surface area (Å²) in [4.78, 5) is 10.1. The number of thioether (sulfide) groups is 1. The van der Waals surface area contributed by atoms with Gasteiger partial charge in [0.05, 0.1) is 0 Å². The Hall–Kier alpha value is -0.180. The van der Waals surface area contributed by atoms with Crippen molar-refractivity contribution in [1.82, 2.24) is 0 Å². The second-order valence-electron chi connectivity index (χ2n) is 1.82. The maximum absolute atomic E-state index is 10.1. The van der Waals surface area contributed by atoms with Crippen LogP contribution in [0.15, 0.2) is 0 Å². The number of hydrogen-bond acceptors (Lipinski definition) is 2. The van der Waals surface area contributed by atoms with E-state index in [4.69, 9.17) is 5.11 Å². The van der Waals surface area contributed by atoms with Gasteiger partial charge in [0, 0.05) is 5.25 Å². The highest BCUT2D eigenvalue weighted by atomic mass is 32.2. The molecule has 9 heavy (non-hydrogen) atoms. The first-order chi connectivity index (χ1) is 4.20. The van der Waals surface area contributed by atoms with Crippen LogP contribution in [0.2, 0.25) is 0 Å². The number of carboxylic acid groups (broad SMARTS) is 1. The summed E-state index contributed by atoms with van der Waals surface area (Å²) in [5.74, 6) is 0. The van der Waals surface area contributed by atoms with Crippen molar-refractivity contribution >= 4 is 17.1 Å². The minimum atomic E-state index is -0.760. The molecule has 0 aromatic heterocycles. The molecule has 0 unspecified atom stereocenters. The third-order valence-corrected chi connectivity index (χ3v) is 2.38. The molecule has 0 aliphatic carbocycles. The summed E-state index contributed by atoms with van der Waals surface area (Å²) in [6.07, 6.45) is 1.88. The van der Waals surface area contributed by atoms with Crippen LogP contribution >= 0.6 is 11.8 Å². The van der Waals surface area contributed by atoms with Crippen molar-refractivity contribution in [3.05, 3.63) is 0 Å². The van der Waals surface area contributed by atoms with Crippen molar-refractivity contribution in [2.24, 2.45) is 0 Å². The zero-order valence-electron chi connectivity index (χ0n) is 5.76. The topological polar surface area (TPSA) is 37.3 Å². The van der Waals surface area contributed by atoms with E-state index < -0.39 is 5.30 Å². The molecular formula is C6H12O2S. The fraction of sp³-hybridized carbons (Fsp3) is 0.833. The molecule has 0 amide bonds. The summed E-state index contributed by atoms with van der Waals surface area (Å²) in [5.41, 5.74) is 0. The van der Waals surface area contributed by atoms with Gasteiger partial charge in [-0.25, -0.2) is 4.79 Å². The number of hydrogen-bond donors (Lipinski definition) is 1. The molecule has 3 heteroatoms. The van der Waals surface area contributed by atoms with Crippen molar-refractivity contribution in [1.29, 1.82) is 0 Å². The maximum Gasteiger partial charge on any atom is 0.365 e. The van der Waals surface area contributed by atoms with E-state index in [-0.39, 0.29) is 0 Å². The van der Waals surface area contributed by atoms with Gasteiger partial charge >= 0.3 is 5.30 Å². The van der Waals surface area contributed by atoms with E-state index in [0.717, 1.165) is 24.6 Å². The standard InChI is InChI=1S/C6H12O2S/c1-3-5(4-2)9-6(7)8/h5H,3-4H2,1-2H3,(H,7,8). The predicted octanol–water partition coefficient (Wildman–Crippen LogP) is 2.59. The summed E-state index contributed by atoms with van der Waals surface area (Å²) >= 11 is 1.02. The molecule has 0 heterocycles. The quantitative estimate of drug-likeness (QED) is 0.668. The molecule has 0 fully saturated rings. The van der Waals surface area contributed by atoms with Crippen LogP contribution in [0.1, 0.15) is 26.7 Å². The summed E-state index contributed by atoms with van der Waals surface area (Å²) in [5, 5.41) is 7.84. The van der Waals surface area contributed by atoms with E-state index in [1.54, 1.807) is 0 Å². The van der Waals surface area contributed by atoms with Gasteiger partial charge in [0.1, 0.15) is 0 Å². The van der Waals surface area contributed by atoms with Crippen LogP contribution < -0.4 is 0 Å². The summed E-state index contributed by atoms with van der Waals surface area (Å²) < 4.78 is 0. The predicted molar refractivity (Wildman–Crippen MR) is 40.0 cm³/mol. The lowest BCUT2D eigenvalue weighted by Crippen LogP contribution is -2.01. The maximum atomic E-state index is 10.1. The van der Waals surface area contributed by atoms with Crippen molar-refractivity contribution in [3.63, 3.8) is 0 Å². The zero-order chi connectivity index (χ0) is 7.28. The van der Waals surface area contributed by atoms with E-state index in [9.17, 15) is 4.79 Å². The molecule has 54 valence electrons. The Morgan fingerprint density at radius 3 is 2.11 bits per heavy atom. The molecule has 0 aliphatic rings. The van der Waals surface area contributed by atoms with Crippen molar-refractivity contribution in [3.8, 4) is 0 Å². The Bertz CT molecular complexity index is 89.1. The smallest absolute Gasteiger partial charge is 0.365 e. The normalized spacial score (nSPS) is 10.1. The average molecular weight is 148 g/mol. The number of carbonyl (C=O) groups is 1. The Morgan fingerprint density at radius 2 is 2.00 bits per heavy atom. The van der Waals surface area contributed by atoms with E-state index in [1.807, 2.05) is 13.8 Å². The second kappa shape index (κ2) is 4.68. The third-order valence-electron chi connectivity index (χ3n) is 1.18. The molecule has 0 radical (unpaired) electrons. The fourth-order valence-electron chi connectivity index (χ4n) is 0.598. The van der Waals surface area contributed by atoms with Gasteiger partial charge in [0.2, 0.25) is 0 Å². The average Bonchev–Trinajstić information content (AvgIpc) is 1.82. The fourth-order valence-corrected chi connectivity index (χ4v) is 1.22. The van der Waals surface area contributed by atoms with Crippen LogP contribution in [0, 0.1) is 0 Å². The van der Waals surface area contributed by atoms with E-state index in [0.29, 0.717) is 5.25 Å². The van der Waals surface area contributed by atoms with Gasteiger partial charge in [-0.3, -0.25) is 0 Å². The molecule has 0 saturated carbocycles. The zero-order valence-corrected chi connectivity index (χ0v) is 6.57. The second-order valence-corrected chi connectivity index (χ2v) is 3.07. The molecule has 0 spiro atoms. The van der Waals surface area contributed by atoms with Gasteiger partial charge < -0.3 is 5.11 Å². The highest BCUT2D eigenvalue weighted by molar-refractivity contribution is 8.13. The molecule has 0 aromatic carbocycles. The minimum Gasteiger partial charge on any atom is -0.473 e. The largest absolute Gasteiger partial charge is 0.473 e. The van der Waals surface area contributed by atoms with Crippen molar-refractivity contribution < 1.29 is 9.90 Å². The SMILES string of the molecule is CCC(CC)SC(=O)O. The first kappa shape index (κ1) is 8.82. The lowest BCUT2D eigenvalue weighted by Gasteiger charge is -2.05. The lowest BCUT2D eigenvalue weighted by atomic mass is 10.3.